The van der Waals surface area contributed by atoms with Gasteiger partial charge in [0.1, 0.15) is 12.4 Å². The average molecular weight is 392 g/mol. The van der Waals surface area contributed by atoms with Crippen molar-refractivity contribution in [3.05, 3.63) is 82.8 Å². The number of hydrogen-bond donors (Lipinski definition) is 1. The maximum Gasteiger partial charge on any atom is 0.239 e. The first-order valence-corrected chi connectivity index (χ1v) is 9.64. The first-order valence-electron chi connectivity index (χ1n) is 9.64. The molecule has 1 heterocycles. The summed E-state index contributed by atoms with van der Waals surface area (Å²) in [6, 6.07) is 16.0. The molecule has 3 aromatic rings. The van der Waals surface area contributed by atoms with Gasteiger partial charge < -0.3 is 9.88 Å². The van der Waals surface area contributed by atoms with Crippen molar-refractivity contribution < 1.29 is 14.0 Å². The van der Waals surface area contributed by atoms with E-state index >= 15 is 0 Å². The average Bonchev–Trinajstić information content (AvgIpc) is 3.01. The summed E-state index contributed by atoms with van der Waals surface area (Å²) in [4.78, 5) is 24.5. The number of halogens is 1. The maximum atomic E-state index is 13.3. The van der Waals surface area contributed by atoms with Crippen LogP contribution in [0.4, 0.5) is 4.39 Å². The highest BCUT2D eigenvalue weighted by molar-refractivity contribution is 5.97. The van der Waals surface area contributed by atoms with Crippen LogP contribution in [0, 0.1) is 19.7 Å². The van der Waals surface area contributed by atoms with E-state index in [1.165, 1.54) is 30.2 Å². The van der Waals surface area contributed by atoms with Crippen molar-refractivity contribution in [2.24, 2.45) is 0 Å². The summed E-state index contributed by atoms with van der Waals surface area (Å²) in [5.74, 6) is -0.525. The lowest BCUT2D eigenvalue weighted by atomic mass is 10.1. The number of aromatic nitrogens is 1. The van der Waals surface area contributed by atoms with E-state index in [1.807, 2.05) is 18.4 Å². The zero-order chi connectivity index (χ0) is 21.0. The number of nitrogens with one attached hydrogen (secondary N) is 1. The van der Waals surface area contributed by atoms with E-state index in [0.29, 0.717) is 12.1 Å². The Labute approximate surface area is 170 Å². The summed E-state index contributed by atoms with van der Waals surface area (Å²) in [5, 5.41) is 2.94. The van der Waals surface area contributed by atoms with Crippen LogP contribution in [0.1, 0.15) is 34.1 Å². The van der Waals surface area contributed by atoms with Gasteiger partial charge in [-0.15, -0.1) is 0 Å². The molecule has 150 valence electrons. The van der Waals surface area contributed by atoms with E-state index in [4.69, 9.17) is 0 Å². The Hall–Kier alpha value is -3.21. The van der Waals surface area contributed by atoms with Crippen molar-refractivity contribution >= 4 is 11.7 Å². The predicted molar refractivity (Wildman–Crippen MR) is 112 cm³/mol. The predicted octanol–water partition coefficient (Wildman–Crippen LogP) is 4.47. The van der Waals surface area contributed by atoms with Gasteiger partial charge in [-0.3, -0.25) is 9.59 Å². The normalized spacial score (nSPS) is 10.8. The van der Waals surface area contributed by atoms with E-state index in [0.717, 1.165) is 23.4 Å². The monoisotopic (exact) mass is 392 g/mol. The minimum atomic E-state index is -0.329. The Morgan fingerprint density at radius 2 is 1.66 bits per heavy atom. The number of amides is 1. The molecule has 0 fully saturated rings. The summed E-state index contributed by atoms with van der Waals surface area (Å²) < 4.78 is 15.1. The second kappa shape index (κ2) is 8.86. The van der Waals surface area contributed by atoms with Gasteiger partial charge in [0.2, 0.25) is 5.91 Å². The molecule has 1 N–H and O–H groups in total. The molecule has 3 rings (SSSR count). The van der Waals surface area contributed by atoms with Gasteiger partial charge >= 0.3 is 0 Å². The molecular weight excluding hydrogens is 367 g/mol. The van der Waals surface area contributed by atoms with Gasteiger partial charge in [0, 0.05) is 23.5 Å². The van der Waals surface area contributed by atoms with E-state index in [-0.39, 0.29) is 24.1 Å². The number of benzene rings is 2. The van der Waals surface area contributed by atoms with Gasteiger partial charge in [0.05, 0.1) is 0 Å². The van der Waals surface area contributed by atoms with Gasteiger partial charge in [-0.1, -0.05) is 29.8 Å². The zero-order valence-corrected chi connectivity index (χ0v) is 17.0. The van der Waals surface area contributed by atoms with Crippen LogP contribution in [-0.2, 0) is 17.8 Å². The quantitative estimate of drug-likeness (QED) is 0.603. The lowest BCUT2D eigenvalue weighted by molar-refractivity contribution is -0.121. The molecule has 0 aliphatic rings. The second-order valence-corrected chi connectivity index (χ2v) is 7.26. The standard InChI is InChI=1S/C24H25FN2O2/c1-16-4-6-19(7-5-16)12-13-26-24(29)15-27-17(2)22(18(3)28)14-23(27)20-8-10-21(25)11-9-20/h4-11,14H,12-13,15H2,1-3H3,(H,26,29). The Bertz CT molecular complexity index is 1020. The van der Waals surface area contributed by atoms with Crippen LogP contribution in [-0.4, -0.2) is 22.8 Å². The fourth-order valence-corrected chi connectivity index (χ4v) is 3.37. The molecule has 0 unspecified atom stereocenters. The molecule has 0 saturated heterocycles. The van der Waals surface area contributed by atoms with Crippen molar-refractivity contribution in [1.82, 2.24) is 9.88 Å². The van der Waals surface area contributed by atoms with Crippen LogP contribution in [0.15, 0.2) is 54.6 Å². The van der Waals surface area contributed by atoms with Gasteiger partial charge in [-0.05, 0) is 68.7 Å². The number of carbonyl (C=O) groups is 2. The lowest BCUT2D eigenvalue weighted by Crippen LogP contribution is -2.30. The third kappa shape index (κ3) is 4.99. The summed E-state index contributed by atoms with van der Waals surface area (Å²) in [6.07, 6.45) is 0.750. The number of Topliss-reactive ketones (excluding diaryl/α,β-unsaturated/α-hetero) is 1. The topological polar surface area (TPSA) is 51.1 Å². The molecule has 0 bridgehead atoms. The SMILES string of the molecule is CC(=O)c1cc(-c2ccc(F)cc2)n(CC(=O)NCCc2ccc(C)cc2)c1C. The fraction of sp³-hybridized carbons (Fsp3) is 0.250. The Morgan fingerprint density at radius 1 is 1.00 bits per heavy atom. The van der Waals surface area contributed by atoms with Crippen molar-refractivity contribution in [3.8, 4) is 11.3 Å². The summed E-state index contributed by atoms with van der Waals surface area (Å²) in [6.45, 7) is 6.00. The van der Waals surface area contributed by atoms with Crippen LogP contribution < -0.4 is 5.32 Å². The highest BCUT2D eigenvalue weighted by Gasteiger charge is 2.18. The molecule has 2 aromatic carbocycles. The Balaban J connectivity index is 1.74. The zero-order valence-electron chi connectivity index (χ0n) is 17.0. The first kappa shape index (κ1) is 20.5. The molecule has 1 amide bonds. The molecule has 0 aliphatic heterocycles. The molecule has 0 radical (unpaired) electrons. The smallest absolute Gasteiger partial charge is 0.239 e. The summed E-state index contributed by atoms with van der Waals surface area (Å²) >= 11 is 0. The molecule has 0 aliphatic carbocycles. The third-order valence-electron chi connectivity index (χ3n) is 5.04. The van der Waals surface area contributed by atoms with E-state index in [1.54, 1.807) is 18.2 Å². The highest BCUT2D eigenvalue weighted by Crippen LogP contribution is 2.26. The van der Waals surface area contributed by atoms with Crippen molar-refractivity contribution in [2.75, 3.05) is 6.54 Å². The Morgan fingerprint density at radius 3 is 2.28 bits per heavy atom. The van der Waals surface area contributed by atoms with Gasteiger partial charge in [-0.2, -0.15) is 0 Å². The van der Waals surface area contributed by atoms with Crippen molar-refractivity contribution in [2.45, 2.75) is 33.7 Å². The number of hydrogen-bond acceptors (Lipinski definition) is 2. The largest absolute Gasteiger partial charge is 0.354 e. The summed E-state index contributed by atoms with van der Waals surface area (Å²) in [5.41, 5.74) is 5.15. The highest BCUT2D eigenvalue weighted by atomic mass is 19.1. The minimum absolute atomic E-state index is 0.0654. The van der Waals surface area contributed by atoms with Crippen LogP contribution in [0.2, 0.25) is 0 Å². The van der Waals surface area contributed by atoms with Gasteiger partial charge in [0.15, 0.2) is 5.78 Å². The second-order valence-electron chi connectivity index (χ2n) is 7.26. The minimum Gasteiger partial charge on any atom is -0.354 e. The van der Waals surface area contributed by atoms with E-state index in [2.05, 4.69) is 29.6 Å². The van der Waals surface area contributed by atoms with Crippen molar-refractivity contribution in [3.63, 3.8) is 0 Å². The van der Waals surface area contributed by atoms with Gasteiger partial charge in [-0.25, -0.2) is 4.39 Å². The number of carbonyl (C=O) groups excluding carboxylic acids is 2. The molecule has 0 spiro atoms. The number of rotatable bonds is 7. The maximum absolute atomic E-state index is 13.3. The molecule has 0 atom stereocenters. The third-order valence-corrected chi connectivity index (χ3v) is 5.04. The molecule has 29 heavy (non-hydrogen) atoms. The van der Waals surface area contributed by atoms with E-state index in [9.17, 15) is 14.0 Å². The Kier molecular flexibility index (Phi) is 6.27. The molecule has 1 aromatic heterocycles. The number of nitrogens with zero attached hydrogens (tertiary/aromatic N) is 1. The van der Waals surface area contributed by atoms with Crippen LogP contribution in [0.3, 0.4) is 0 Å². The number of aryl methyl sites for hydroxylation is 1. The van der Waals surface area contributed by atoms with Crippen molar-refractivity contribution in [1.29, 1.82) is 0 Å². The molecule has 4 nitrogen and oxygen atoms in total. The molecular formula is C24H25FN2O2. The van der Waals surface area contributed by atoms with Crippen LogP contribution in [0.5, 0.6) is 0 Å². The van der Waals surface area contributed by atoms with E-state index < -0.39 is 0 Å². The van der Waals surface area contributed by atoms with Crippen LogP contribution in [0.25, 0.3) is 11.3 Å². The molecule has 0 saturated carbocycles. The first-order chi connectivity index (χ1) is 13.8. The molecule has 5 heteroatoms. The lowest BCUT2D eigenvalue weighted by Gasteiger charge is -2.13. The summed E-state index contributed by atoms with van der Waals surface area (Å²) in [7, 11) is 0. The van der Waals surface area contributed by atoms with Crippen LogP contribution >= 0.6 is 0 Å². The fourth-order valence-electron chi connectivity index (χ4n) is 3.37. The number of ketones is 1. The van der Waals surface area contributed by atoms with Gasteiger partial charge in [0.25, 0.3) is 0 Å².